The predicted octanol–water partition coefficient (Wildman–Crippen LogP) is 2.82. The molecule has 0 atom stereocenters. The highest BCUT2D eigenvalue weighted by Gasteiger charge is 2.39. The lowest BCUT2D eigenvalue weighted by atomic mass is 9.78. The van der Waals surface area contributed by atoms with Crippen molar-refractivity contribution in [3.05, 3.63) is 29.8 Å². The molecule has 0 aliphatic carbocycles. The fourth-order valence-corrected chi connectivity index (χ4v) is 3.14. The van der Waals surface area contributed by atoms with Crippen LogP contribution in [0.3, 0.4) is 0 Å². The number of hydrogen-bond donors (Lipinski definition) is 2. The second kappa shape index (κ2) is 11.4. The Morgan fingerprint density at radius 1 is 1.23 bits per heavy atom. The molecule has 2 rings (SSSR count). The van der Waals surface area contributed by atoms with Crippen molar-refractivity contribution < 1.29 is 14.3 Å². The summed E-state index contributed by atoms with van der Waals surface area (Å²) in [5.74, 6) is 1.53. The maximum Gasteiger partial charge on any atom is 0.228 e. The number of rotatable bonds is 9. The van der Waals surface area contributed by atoms with Crippen molar-refractivity contribution in [2.75, 3.05) is 40.0 Å². The molecule has 1 aliphatic heterocycles. The summed E-state index contributed by atoms with van der Waals surface area (Å²) in [5.41, 5.74) is 0.817. The Morgan fingerprint density at radius 3 is 2.46 bits per heavy atom. The number of carbonyl (C=O) groups excluding carboxylic acids is 1. The van der Waals surface area contributed by atoms with Crippen LogP contribution in [0, 0.1) is 11.3 Å². The van der Waals surface area contributed by atoms with Gasteiger partial charge >= 0.3 is 0 Å². The second-order valence-corrected chi connectivity index (χ2v) is 7.32. The summed E-state index contributed by atoms with van der Waals surface area (Å²) in [7, 11) is 1.67. The lowest BCUT2D eigenvalue weighted by molar-refractivity contribution is -0.136. The van der Waals surface area contributed by atoms with Gasteiger partial charge in [0.15, 0.2) is 0 Å². The quantitative estimate of drug-likeness (QED) is 0.687. The molecule has 148 valence electrons. The smallest absolute Gasteiger partial charge is 0.228 e. The zero-order chi connectivity index (χ0) is 18.1. The van der Waals surface area contributed by atoms with Gasteiger partial charge < -0.3 is 20.1 Å². The van der Waals surface area contributed by atoms with E-state index in [-0.39, 0.29) is 23.7 Å². The van der Waals surface area contributed by atoms with Crippen LogP contribution in [0.2, 0.25) is 0 Å². The van der Waals surface area contributed by atoms with Gasteiger partial charge in [-0.2, -0.15) is 0 Å². The molecule has 6 heteroatoms. The summed E-state index contributed by atoms with van der Waals surface area (Å²) in [6.07, 6.45) is 2.47. The Hall–Kier alpha value is -1.30. The molecule has 0 radical (unpaired) electrons. The highest BCUT2D eigenvalue weighted by atomic mass is 35.5. The molecule has 0 saturated carbocycles. The summed E-state index contributed by atoms with van der Waals surface area (Å²) < 4.78 is 11.0. The van der Waals surface area contributed by atoms with Crippen molar-refractivity contribution in [3.8, 4) is 5.75 Å². The van der Waals surface area contributed by atoms with Gasteiger partial charge in [-0.1, -0.05) is 26.0 Å². The standard InChI is InChI=1S/C20H32N2O3.ClH/c1-16(2)14-25-18-6-4-17(5-7-18)8-11-22-19(23)20(15-24-3)9-12-21-13-10-20;/h4-7,16,21H,8-15H2,1-3H3,(H,22,23);1H. The second-order valence-electron chi connectivity index (χ2n) is 7.32. The van der Waals surface area contributed by atoms with Gasteiger partial charge in [0.05, 0.1) is 18.6 Å². The molecule has 0 spiro atoms. The molecule has 1 aromatic rings. The number of nitrogens with one attached hydrogen (secondary N) is 2. The van der Waals surface area contributed by atoms with E-state index in [0.29, 0.717) is 19.1 Å². The monoisotopic (exact) mass is 384 g/mol. The summed E-state index contributed by atoms with van der Waals surface area (Å²) in [6.45, 7) is 7.87. The van der Waals surface area contributed by atoms with E-state index >= 15 is 0 Å². The SMILES string of the molecule is COCC1(C(=O)NCCc2ccc(OCC(C)C)cc2)CCNCC1.Cl. The van der Waals surface area contributed by atoms with Crippen LogP contribution in [0.15, 0.2) is 24.3 Å². The van der Waals surface area contributed by atoms with Crippen LogP contribution in [-0.2, 0) is 16.0 Å². The third-order valence-electron chi connectivity index (χ3n) is 4.67. The van der Waals surface area contributed by atoms with Crippen LogP contribution >= 0.6 is 12.4 Å². The predicted molar refractivity (Wildman–Crippen MR) is 107 cm³/mol. The Morgan fingerprint density at radius 2 is 1.88 bits per heavy atom. The zero-order valence-corrected chi connectivity index (χ0v) is 17.0. The van der Waals surface area contributed by atoms with Crippen LogP contribution in [0.25, 0.3) is 0 Å². The number of hydrogen-bond acceptors (Lipinski definition) is 4. The summed E-state index contributed by atoms with van der Waals surface area (Å²) in [5, 5.41) is 6.41. The number of methoxy groups -OCH3 is 1. The fourth-order valence-electron chi connectivity index (χ4n) is 3.14. The van der Waals surface area contributed by atoms with Crippen molar-refractivity contribution in [2.24, 2.45) is 11.3 Å². The molecule has 1 aliphatic rings. The molecular weight excluding hydrogens is 352 g/mol. The first-order valence-corrected chi connectivity index (χ1v) is 9.25. The normalized spacial score (nSPS) is 16.0. The van der Waals surface area contributed by atoms with E-state index in [4.69, 9.17) is 9.47 Å². The Labute approximate surface area is 163 Å². The first kappa shape index (κ1) is 22.7. The minimum absolute atomic E-state index is 0. The minimum atomic E-state index is -0.380. The van der Waals surface area contributed by atoms with Gasteiger partial charge in [0, 0.05) is 13.7 Å². The van der Waals surface area contributed by atoms with E-state index in [1.807, 2.05) is 12.1 Å². The topological polar surface area (TPSA) is 59.6 Å². The molecule has 1 aromatic carbocycles. The van der Waals surface area contributed by atoms with E-state index in [0.717, 1.165) is 44.7 Å². The molecule has 1 heterocycles. The third-order valence-corrected chi connectivity index (χ3v) is 4.67. The number of carbonyl (C=O) groups is 1. The minimum Gasteiger partial charge on any atom is -0.493 e. The van der Waals surface area contributed by atoms with Gasteiger partial charge in [0.25, 0.3) is 0 Å². The first-order valence-electron chi connectivity index (χ1n) is 9.25. The van der Waals surface area contributed by atoms with Crippen LogP contribution in [0.4, 0.5) is 0 Å². The van der Waals surface area contributed by atoms with Gasteiger partial charge in [-0.05, 0) is 56.0 Å². The molecule has 0 bridgehead atoms. The molecule has 26 heavy (non-hydrogen) atoms. The van der Waals surface area contributed by atoms with Gasteiger partial charge in [0.1, 0.15) is 5.75 Å². The number of ether oxygens (including phenoxy) is 2. The lowest BCUT2D eigenvalue weighted by Crippen LogP contribution is -2.50. The molecule has 1 fully saturated rings. The number of halogens is 1. The van der Waals surface area contributed by atoms with Crippen molar-refractivity contribution in [2.45, 2.75) is 33.1 Å². The maximum absolute atomic E-state index is 12.7. The average Bonchev–Trinajstić information content (AvgIpc) is 2.62. The summed E-state index contributed by atoms with van der Waals surface area (Å²) in [4.78, 5) is 12.7. The molecule has 0 aromatic heterocycles. The first-order chi connectivity index (χ1) is 12.1. The van der Waals surface area contributed by atoms with E-state index in [9.17, 15) is 4.79 Å². The van der Waals surface area contributed by atoms with Gasteiger partial charge in [-0.3, -0.25) is 4.79 Å². The van der Waals surface area contributed by atoms with E-state index in [1.165, 1.54) is 5.56 Å². The highest BCUT2D eigenvalue weighted by molar-refractivity contribution is 5.85. The van der Waals surface area contributed by atoms with Crippen molar-refractivity contribution >= 4 is 18.3 Å². The number of benzene rings is 1. The van der Waals surface area contributed by atoms with Crippen LogP contribution in [0.5, 0.6) is 5.75 Å². The molecule has 1 saturated heterocycles. The Balaban J connectivity index is 0.00000338. The van der Waals surface area contributed by atoms with E-state index in [1.54, 1.807) is 7.11 Å². The third kappa shape index (κ3) is 6.78. The summed E-state index contributed by atoms with van der Waals surface area (Å²) >= 11 is 0. The average molecular weight is 385 g/mol. The number of piperidine rings is 1. The summed E-state index contributed by atoms with van der Waals surface area (Å²) in [6, 6.07) is 8.13. The van der Waals surface area contributed by atoms with E-state index < -0.39 is 0 Å². The van der Waals surface area contributed by atoms with Crippen molar-refractivity contribution in [3.63, 3.8) is 0 Å². The molecule has 2 N–H and O–H groups in total. The maximum atomic E-state index is 12.7. The van der Waals surface area contributed by atoms with Crippen LogP contribution < -0.4 is 15.4 Å². The van der Waals surface area contributed by atoms with Gasteiger partial charge in [-0.15, -0.1) is 12.4 Å². The van der Waals surface area contributed by atoms with Crippen LogP contribution in [0.1, 0.15) is 32.3 Å². The van der Waals surface area contributed by atoms with Gasteiger partial charge in [0.2, 0.25) is 5.91 Å². The van der Waals surface area contributed by atoms with Crippen molar-refractivity contribution in [1.82, 2.24) is 10.6 Å². The van der Waals surface area contributed by atoms with Crippen LogP contribution in [-0.4, -0.2) is 45.9 Å². The molecule has 1 amide bonds. The zero-order valence-electron chi connectivity index (χ0n) is 16.2. The highest BCUT2D eigenvalue weighted by Crippen LogP contribution is 2.29. The Kier molecular flexibility index (Phi) is 9.99. The molecular formula is C20H33ClN2O3. The largest absolute Gasteiger partial charge is 0.493 e. The fraction of sp³-hybridized carbons (Fsp3) is 0.650. The van der Waals surface area contributed by atoms with E-state index in [2.05, 4.69) is 36.6 Å². The molecule has 5 nitrogen and oxygen atoms in total. The molecule has 0 unspecified atom stereocenters. The Bertz CT molecular complexity index is 523. The van der Waals surface area contributed by atoms with Gasteiger partial charge in [-0.25, -0.2) is 0 Å². The van der Waals surface area contributed by atoms with Crippen molar-refractivity contribution in [1.29, 1.82) is 0 Å². The number of amides is 1. The lowest BCUT2D eigenvalue weighted by Gasteiger charge is -2.35.